The molecule has 0 fully saturated rings. The molecule has 0 saturated heterocycles. The molecule has 0 bridgehead atoms. The molecule has 1 heterocycles. The number of nitrogens with zero attached hydrogens (tertiary/aromatic N) is 1. The molecule has 0 spiro atoms. The van der Waals surface area contributed by atoms with E-state index in [4.69, 9.17) is 0 Å². The molecule has 86 valence electrons. The van der Waals surface area contributed by atoms with Crippen LogP contribution in [-0.2, 0) is 0 Å². The molecule has 1 aliphatic rings. The number of alkyl halides is 2. The molecule has 4 heteroatoms. The molecule has 1 nitrogen and oxygen atoms in total. The van der Waals surface area contributed by atoms with Crippen LogP contribution in [-0.4, -0.2) is 23.4 Å². The topological polar surface area (TPSA) is 3.24 Å². The monoisotopic (exact) mass is 279 g/mol. The zero-order valence-corrected chi connectivity index (χ0v) is 10.8. The third kappa shape index (κ3) is 2.80. The highest BCUT2D eigenvalue weighted by atomic mass is 79.9. The lowest BCUT2D eigenvalue weighted by Crippen LogP contribution is -2.41. The summed E-state index contributed by atoms with van der Waals surface area (Å²) in [7, 11) is 0. The quantitative estimate of drug-likeness (QED) is 0.757. The van der Waals surface area contributed by atoms with Gasteiger partial charge in [-0.2, -0.15) is 0 Å². The molecule has 0 aromatic carbocycles. The van der Waals surface area contributed by atoms with Crippen LogP contribution in [0.15, 0.2) is 22.3 Å². The smallest absolute Gasteiger partial charge is 0.264 e. The number of allylic oxidation sites excluding steroid dienone is 2. The van der Waals surface area contributed by atoms with Gasteiger partial charge < -0.3 is 4.90 Å². The van der Waals surface area contributed by atoms with Crippen molar-refractivity contribution in [2.45, 2.75) is 39.2 Å². The van der Waals surface area contributed by atoms with Gasteiger partial charge in [0, 0.05) is 28.3 Å². The molecule has 0 unspecified atom stereocenters. The van der Waals surface area contributed by atoms with Crippen LogP contribution in [0.4, 0.5) is 8.78 Å². The summed E-state index contributed by atoms with van der Waals surface area (Å²) in [6.07, 6.45) is 1.93. The fourth-order valence-corrected chi connectivity index (χ4v) is 1.96. The minimum atomic E-state index is -2.40. The second-order valence-corrected chi connectivity index (χ2v) is 5.11. The summed E-state index contributed by atoms with van der Waals surface area (Å²) in [6.45, 7) is 6.85. The van der Waals surface area contributed by atoms with E-state index < -0.39 is 6.43 Å². The van der Waals surface area contributed by atoms with E-state index in [0.29, 0.717) is 11.0 Å². The van der Waals surface area contributed by atoms with Gasteiger partial charge in [-0.15, -0.1) is 0 Å². The first-order valence-corrected chi connectivity index (χ1v) is 5.80. The summed E-state index contributed by atoms with van der Waals surface area (Å²) in [5.41, 5.74) is 0.0987. The van der Waals surface area contributed by atoms with Crippen LogP contribution in [0.1, 0.15) is 27.2 Å². The first kappa shape index (κ1) is 12.7. The lowest BCUT2D eigenvalue weighted by molar-refractivity contribution is 0.175. The Morgan fingerprint density at radius 1 is 1.53 bits per heavy atom. The molecular formula is C11H16BrF2N. The fourth-order valence-electron chi connectivity index (χ4n) is 1.38. The molecule has 0 N–H and O–H groups in total. The Balaban J connectivity index is 2.83. The van der Waals surface area contributed by atoms with Gasteiger partial charge in [-0.05, 0) is 36.2 Å². The Morgan fingerprint density at radius 3 is 2.53 bits per heavy atom. The van der Waals surface area contributed by atoms with Gasteiger partial charge in [0.1, 0.15) is 0 Å². The second-order valence-electron chi connectivity index (χ2n) is 4.26. The van der Waals surface area contributed by atoms with Crippen LogP contribution < -0.4 is 0 Å². The van der Waals surface area contributed by atoms with Gasteiger partial charge in [0.25, 0.3) is 6.43 Å². The minimum Gasteiger partial charge on any atom is -0.368 e. The summed E-state index contributed by atoms with van der Waals surface area (Å²) in [5.74, 6) is 0. The second kappa shape index (κ2) is 4.64. The lowest BCUT2D eigenvalue weighted by Gasteiger charge is -2.39. The van der Waals surface area contributed by atoms with Crippen molar-refractivity contribution in [2.24, 2.45) is 0 Å². The molecule has 0 aromatic rings. The molecule has 0 atom stereocenters. The van der Waals surface area contributed by atoms with Crippen molar-refractivity contribution >= 4 is 15.9 Å². The molecule has 1 rings (SSSR count). The van der Waals surface area contributed by atoms with Gasteiger partial charge in [0.05, 0.1) is 0 Å². The maximum atomic E-state index is 12.5. The van der Waals surface area contributed by atoms with E-state index in [1.165, 1.54) is 0 Å². The van der Waals surface area contributed by atoms with Gasteiger partial charge in [-0.25, -0.2) is 8.78 Å². The van der Waals surface area contributed by atoms with Crippen LogP contribution in [0.5, 0.6) is 0 Å². The normalized spacial score (nSPS) is 17.9. The van der Waals surface area contributed by atoms with E-state index in [0.717, 1.165) is 6.42 Å². The largest absolute Gasteiger partial charge is 0.368 e. The van der Waals surface area contributed by atoms with Crippen molar-refractivity contribution in [3.63, 3.8) is 0 Å². The van der Waals surface area contributed by atoms with Crippen LogP contribution in [0.2, 0.25) is 0 Å². The van der Waals surface area contributed by atoms with E-state index in [-0.39, 0.29) is 11.1 Å². The first-order chi connectivity index (χ1) is 6.88. The van der Waals surface area contributed by atoms with E-state index in [2.05, 4.69) is 41.6 Å². The Kier molecular flexibility index (Phi) is 3.93. The third-order valence-corrected chi connectivity index (χ3v) is 3.59. The molecule has 0 amide bonds. The van der Waals surface area contributed by atoms with Crippen molar-refractivity contribution in [1.82, 2.24) is 4.90 Å². The van der Waals surface area contributed by atoms with Crippen molar-refractivity contribution in [3.8, 4) is 0 Å². The van der Waals surface area contributed by atoms with Crippen LogP contribution in [0.3, 0.4) is 0 Å². The molecule has 0 saturated carbocycles. The number of rotatable bonds is 3. The Labute approximate surface area is 98.0 Å². The average molecular weight is 280 g/mol. The molecule has 0 aliphatic carbocycles. The highest BCUT2D eigenvalue weighted by molar-refractivity contribution is 9.12. The summed E-state index contributed by atoms with van der Waals surface area (Å²) in [4.78, 5) is 2.07. The predicted octanol–water partition coefficient (Wildman–Crippen LogP) is 3.92. The van der Waals surface area contributed by atoms with Gasteiger partial charge >= 0.3 is 0 Å². The first-order valence-electron chi connectivity index (χ1n) is 5.01. The van der Waals surface area contributed by atoms with Crippen LogP contribution >= 0.6 is 15.9 Å². The standard InChI is InChI=1S/C11H16BrF2N/c1-4-11(2,3)15-6-5-8(10(13)14)9(12)7-15/h5,7,10H,4,6H2,1-3H3. The maximum Gasteiger partial charge on any atom is 0.264 e. The fraction of sp³-hybridized carbons (Fsp3) is 0.636. The lowest BCUT2D eigenvalue weighted by atomic mass is 9.98. The molecule has 1 aliphatic heterocycles. The van der Waals surface area contributed by atoms with Crippen LogP contribution in [0.25, 0.3) is 0 Å². The third-order valence-electron chi connectivity index (χ3n) is 2.93. The van der Waals surface area contributed by atoms with Crippen molar-refractivity contribution < 1.29 is 8.78 Å². The summed E-state index contributed by atoms with van der Waals surface area (Å²) in [5, 5.41) is 0. The Hall–Kier alpha value is -0.380. The molecule has 0 radical (unpaired) electrons. The minimum absolute atomic E-state index is 0.00315. The van der Waals surface area contributed by atoms with Gasteiger partial charge in [0.2, 0.25) is 0 Å². The van der Waals surface area contributed by atoms with E-state index in [1.54, 1.807) is 12.3 Å². The number of hydrogen-bond donors (Lipinski definition) is 0. The SMILES string of the molecule is CCC(C)(C)N1C=C(Br)C(C(F)F)=CC1. The van der Waals surface area contributed by atoms with E-state index in [9.17, 15) is 8.78 Å². The average Bonchev–Trinajstić information content (AvgIpc) is 2.17. The Bertz CT molecular complexity index is 295. The molecule has 15 heavy (non-hydrogen) atoms. The summed E-state index contributed by atoms with van der Waals surface area (Å²) in [6, 6.07) is 0. The predicted molar refractivity (Wildman–Crippen MR) is 62.2 cm³/mol. The van der Waals surface area contributed by atoms with Crippen molar-refractivity contribution in [2.75, 3.05) is 6.54 Å². The zero-order valence-electron chi connectivity index (χ0n) is 9.23. The highest BCUT2D eigenvalue weighted by Crippen LogP contribution is 2.31. The van der Waals surface area contributed by atoms with Gasteiger partial charge in [0.15, 0.2) is 0 Å². The van der Waals surface area contributed by atoms with E-state index >= 15 is 0 Å². The van der Waals surface area contributed by atoms with E-state index in [1.807, 2.05) is 0 Å². The maximum absolute atomic E-state index is 12.5. The van der Waals surface area contributed by atoms with Crippen molar-refractivity contribution in [3.05, 3.63) is 22.3 Å². The molecule has 0 aromatic heterocycles. The van der Waals surface area contributed by atoms with Crippen molar-refractivity contribution in [1.29, 1.82) is 0 Å². The number of hydrogen-bond acceptors (Lipinski definition) is 1. The zero-order chi connectivity index (χ0) is 11.6. The Morgan fingerprint density at radius 2 is 2.13 bits per heavy atom. The summed E-state index contributed by atoms with van der Waals surface area (Å²) >= 11 is 3.19. The molecular weight excluding hydrogens is 264 g/mol. The number of halogens is 3. The van der Waals surface area contributed by atoms with Gasteiger partial charge in [-0.1, -0.05) is 13.0 Å². The highest BCUT2D eigenvalue weighted by Gasteiger charge is 2.26. The van der Waals surface area contributed by atoms with Gasteiger partial charge in [-0.3, -0.25) is 0 Å². The summed E-state index contributed by atoms with van der Waals surface area (Å²) < 4.78 is 25.5. The van der Waals surface area contributed by atoms with Crippen LogP contribution in [0, 0.1) is 0 Å².